The second-order valence-electron chi connectivity index (χ2n) is 3.13. The maximum absolute atomic E-state index is 12.0. The van der Waals surface area contributed by atoms with Gasteiger partial charge in [-0.25, -0.2) is 0 Å². The normalized spacial score (nSPS) is 10.1. The maximum atomic E-state index is 12.0. The van der Waals surface area contributed by atoms with Crippen molar-refractivity contribution in [1.82, 2.24) is 0 Å². The molecular weight excluding hydrogens is 244 g/mol. The summed E-state index contributed by atoms with van der Waals surface area (Å²) < 4.78 is 0. The maximum Gasteiger partial charge on any atom is 0.253 e. The van der Waals surface area contributed by atoms with Crippen LogP contribution in [0.25, 0.3) is 0 Å². The van der Waals surface area contributed by atoms with Crippen LogP contribution in [0.4, 0.5) is 0 Å². The fraction of sp³-hybridized carbons (Fsp3) is 0. The van der Waals surface area contributed by atoms with Gasteiger partial charge in [-0.3, -0.25) is 9.59 Å². The zero-order valence-corrected chi connectivity index (χ0v) is 9.72. The molecule has 0 N–H and O–H groups in total. The van der Waals surface area contributed by atoms with E-state index < -0.39 is 5.24 Å². The van der Waals surface area contributed by atoms with Gasteiger partial charge >= 0.3 is 0 Å². The number of benzene rings is 1. The van der Waals surface area contributed by atoms with Crippen LogP contribution in [0.15, 0.2) is 41.8 Å². The lowest BCUT2D eigenvalue weighted by molar-refractivity contribution is 0.102. The molecule has 0 amide bonds. The Balaban J connectivity index is 2.42. The van der Waals surface area contributed by atoms with E-state index in [0.29, 0.717) is 10.4 Å². The third-order valence-electron chi connectivity index (χ3n) is 2.12. The van der Waals surface area contributed by atoms with Crippen molar-refractivity contribution in [2.24, 2.45) is 0 Å². The zero-order chi connectivity index (χ0) is 11.5. The summed E-state index contributed by atoms with van der Waals surface area (Å²) in [6.07, 6.45) is 0. The van der Waals surface area contributed by atoms with Gasteiger partial charge in [0.05, 0.1) is 10.4 Å². The number of hydrogen-bond acceptors (Lipinski definition) is 3. The topological polar surface area (TPSA) is 34.1 Å². The molecule has 2 nitrogen and oxygen atoms in total. The van der Waals surface area contributed by atoms with E-state index in [2.05, 4.69) is 0 Å². The standard InChI is InChI=1S/C12H7ClO2S/c13-12(15)9-6-7-16-11(9)10(14)8-4-2-1-3-5-8/h1-7H. The smallest absolute Gasteiger partial charge is 0.253 e. The van der Waals surface area contributed by atoms with Crippen molar-refractivity contribution in [3.05, 3.63) is 57.8 Å². The fourth-order valence-corrected chi connectivity index (χ4v) is 2.43. The number of carbonyl (C=O) groups is 2. The Labute approximate surface area is 101 Å². The van der Waals surface area contributed by atoms with Gasteiger partial charge in [0.25, 0.3) is 5.24 Å². The van der Waals surface area contributed by atoms with Gasteiger partial charge in [-0.15, -0.1) is 11.3 Å². The first-order valence-electron chi connectivity index (χ1n) is 4.57. The van der Waals surface area contributed by atoms with Gasteiger partial charge < -0.3 is 0 Å². The third kappa shape index (κ3) is 2.05. The molecule has 0 bridgehead atoms. The summed E-state index contributed by atoms with van der Waals surface area (Å²) in [6, 6.07) is 10.4. The SMILES string of the molecule is O=C(Cl)c1ccsc1C(=O)c1ccccc1. The number of rotatable bonds is 3. The van der Waals surface area contributed by atoms with E-state index in [1.54, 1.807) is 35.7 Å². The lowest BCUT2D eigenvalue weighted by Crippen LogP contribution is -2.03. The Morgan fingerprint density at radius 2 is 1.75 bits per heavy atom. The van der Waals surface area contributed by atoms with Crippen LogP contribution in [0.1, 0.15) is 25.6 Å². The Morgan fingerprint density at radius 1 is 1.06 bits per heavy atom. The van der Waals surface area contributed by atoms with Crippen molar-refractivity contribution < 1.29 is 9.59 Å². The molecule has 16 heavy (non-hydrogen) atoms. The Morgan fingerprint density at radius 3 is 2.38 bits per heavy atom. The minimum atomic E-state index is -0.597. The van der Waals surface area contributed by atoms with Gasteiger partial charge in [0.1, 0.15) is 0 Å². The molecule has 0 spiro atoms. The van der Waals surface area contributed by atoms with Crippen LogP contribution in [-0.2, 0) is 0 Å². The number of thiophene rings is 1. The minimum Gasteiger partial charge on any atom is -0.288 e. The average molecular weight is 251 g/mol. The molecule has 0 atom stereocenters. The summed E-state index contributed by atoms with van der Waals surface area (Å²) in [4.78, 5) is 23.5. The summed E-state index contributed by atoms with van der Waals surface area (Å²) in [7, 11) is 0. The van der Waals surface area contributed by atoms with Gasteiger partial charge in [0, 0.05) is 5.56 Å². The van der Waals surface area contributed by atoms with Crippen LogP contribution in [0.2, 0.25) is 0 Å². The highest BCUT2D eigenvalue weighted by atomic mass is 35.5. The van der Waals surface area contributed by atoms with Gasteiger partial charge in [-0.2, -0.15) is 0 Å². The van der Waals surface area contributed by atoms with Gasteiger partial charge in [0.2, 0.25) is 5.78 Å². The number of carbonyl (C=O) groups excluding carboxylic acids is 2. The molecule has 0 saturated carbocycles. The molecule has 2 aromatic rings. The van der Waals surface area contributed by atoms with Crippen molar-refractivity contribution in [1.29, 1.82) is 0 Å². The van der Waals surface area contributed by atoms with Crippen LogP contribution in [-0.4, -0.2) is 11.0 Å². The molecule has 80 valence electrons. The average Bonchev–Trinajstić information content (AvgIpc) is 2.78. The summed E-state index contributed by atoms with van der Waals surface area (Å²) in [5.41, 5.74) is 0.838. The molecule has 1 aromatic heterocycles. The van der Waals surface area contributed by atoms with Crippen LogP contribution in [0.3, 0.4) is 0 Å². The molecule has 0 saturated heterocycles. The van der Waals surface area contributed by atoms with E-state index >= 15 is 0 Å². The lowest BCUT2D eigenvalue weighted by Gasteiger charge is -1.99. The first-order valence-corrected chi connectivity index (χ1v) is 5.83. The number of ketones is 1. The van der Waals surface area contributed by atoms with Crippen LogP contribution in [0, 0.1) is 0 Å². The molecule has 0 radical (unpaired) electrons. The monoisotopic (exact) mass is 250 g/mol. The Hall–Kier alpha value is -1.45. The summed E-state index contributed by atoms with van der Waals surface area (Å²) in [5.74, 6) is -0.167. The summed E-state index contributed by atoms with van der Waals surface area (Å²) >= 11 is 6.62. The first kappa shape index (κ1) is 11.0. The van der Waals surface area contributed by atoms with Crippen molar-refractivity contribution >= 4 is 34.0 Å². The highest BCUT2D eigenvalue weighted by molar-refractivity contribution is 7.13. The molecule has 2 rings (SSSR count). The lowest BCUT2D eigenvalue weighted by atomic mass is 10.1. The molecule has 4 heteroatoms. The van der Waals surface area contributed by atoms with Gasteiger partial charge in [0.15, 0.2) is 0 Å². The van der Waals surface area contributed by atoms with Crippen LogP contribution < -0.4 is 0 Å². The third-order valence-corrected chi connectivity index (χ3v) is 3.24. The molecule has 1 aromatic carbocycles. The molecular formula is C12H7ClO2S. The van der Waals surface area contributed by atoms with Crippen LogP contribution in [0.5, 0.6) is 0 Å². The molecule has 0 aliphatic heterocycles. The molecule has 1 heterocycles. The second-order valence-corrected chi connectivity index (χ2v) is 4.39. The highest BCUT2D eigenvalue weighted by Crippen LogP contribution is 2.22. The number of hydrogen-bond donors (Lipinski definition) is 0. The van der Waals surface area contributed by atoms with E-state index in [0.717, 1.165) is 0 Å². The fourth-order valence-electron chi connectivity index (χ4n) is 1.36. The molecule has 0 aliphatic rings. The largest absolute Gasteiger partial charge is 0.288 e. The quantitative estimate of drug-likeness (QED) is 0.618. The van der Waals surface area contributed by atoms with Crippen molar-refractivity contribution in [3.8, 4) is 0 Å². The molecule has 0 fully saturated rings. The summed E-state index contributed by atoms with van der Waals surface area (Å²) in [5, 5.41) is 1.09. The highest BCUT2D eigenvalue weighted by Gasteiger charge is 2.18. The second kappa shape index (κ2) is 4.60. The molecule has 0 aliphatic carbocycles. The molecule has 0 unspecified atom stereocenters. The van der Waals surface area contributed by atoms with E-state index in [-0.39, 0.29) is 11.3 Å². The van der Waals surface area contributed by atoms with Gasteiger partial charge in [-0.05, 0) is 23.0 Å². The van der Waals surface area contributed by atoms with E-state index in [9.17, 15) is 9.59 Å². The Bertz CT molecular complexity index is 531. The zero-order valence-electron chi connectivity index (χ0n) is 8.14. The predicted octanol–water partition coefficient (Wildman–Crippen LogP) is 3.36. The summed E-state index contributed by atoms with van der Waals surface area (Å²) in [6.45, 7) is 0. The van der Waals surface area contributed by atoms with E-state index in [1.165, 1.54) is 11.3 Å². The van der Waals surface area contributed by atoms with E-state index in [1.807, 2.05) is 6.07 Å². The number of halogens is 1. The van der Waals surface area contributed by atoms with E-state index in [4.69, 9.17) is 11.6 Å². The van der Waals surface area contributed by atoms with Crippen molar-refractivity contribution in [3.63, 3.8) is 0 Å². The Kier molecular flexibility index (Phi) is 3.17. The minimum absolute atomic E-state index is 0.167. The first-order chi connectivity index (χ1) is 7.70. The van der Waals surface area contributed by atoms with Crippen molar-refractivity contribution in [2.45, 2.75) is 0 Å². The van der Waals surface area contributed by atoms with Gasteiger partial charge in [-0.1, -0.05) is 30.3 Å². The predicted molar refractivity (Wildman–Crippen MR) is 64.4 cm³/mol. The van der Waals surface area contributed by atoms with Crippen LogP contribution >= 0.6 is 22.9 Å². The van der Waals surface area contributed by atoms with Crippen molar-refractivity contribution in [2.75, 3.05) is 0 Å².